The van der Waals surface area contributed by atoms with Crippen molar-refractivity contribution in [2.75, 3.05) is 0 Å². The maximum Gasteiger partial charge on any atom is 0.170 e. The number of aliphatic hydroxyl groups is 1. The number of hydrogen-bond acceptors (Lipinski definition) is 2. The lowest BCUT2D eigenvalue weighted by molar-refractivity contribution is 0.119. The predicted octanol–water partition coefficient (Wildman–Crippen LogP) is 4.80. The number of furan rings is 1. The van der Waals surface area contributed by atoms with Gasteiger partial charge >= 0.3 is 0 Å². The van der Waals surface area contributed by atoms with Crippen molar-refractivity contribution in [3.8, 4) is 0 Å². The summed E-state index contributed by atoms with van der Waals surface area (Å²) in [6, 6.07) is 16.3. The molecule has 0 bridgehead atoms. The van der Waals surface area contributed by atoms with E-state index in [0.29, 0.717) is 11.1 Å². The molecule has 0 saturated heterocycles. The van der Waals surface area contributed by atoms with Crippen LogP contribution in [0.2, 0.25) is 0 Å². The molecule has 0 aliphatic carbocycles. The molecule has 0 radical (unpaired) electrons. The Bertz CT molecular complexity index is 733. The standard InChI is InChI=1S/C18H17FO2/c1-2-14(12-7-4-3-5-8-12)17(20)16-11-13-9-6-10-15(19)18(13)21-16/h3-11,14,17,20H,2H2,1H3. The van der Waals surface area contributed by atoms with Gasteiger partial charge in [-0.15, -0.1) is 0 Å². The summed E-state index contributed by atoms with van der Waals surface area (Å²) in [7, 11) is 0. The first-order valence-corrected chi connectivity index (χ1v) is 7.11. The molecule has 2 unspecified atom stereocenters. The molecular formula is C18H17FO2. The fourth-order valence-corrected chi connectivity index (χ4v) is 2.73. The van der Waals surface area contributed by atoms with Crippen molar-refractivity contribution in [3.63, 3.8) is 0 Å². The van der Waals surface area contributed by atoms with E-state index in [1.54, 1.807) is 18.2 Å². The first-order chi connectivity index (χ1) is 10.2. The van der Waals surface area contributed by atoms with Gasteiger partial charge in [0.15, 0.2) is 11.4 Å². The lowest BCUT2D eigenvalue weighted by Gasteiger charge is -2.20. The monoisotopic (exact) mass is 284 g/mol. The van der Waals surface area contributed by atoms with Gasteiger partial charge in [-0.2, -0.15) is 0 Å². The van der Waals surface area contributed by atoms with Crippen molar-refractivity contribution in [3.05, 3.63) is 71.7 Å². The van der Waals surface area contributed by atoms with Gasteiger partial charge in [-0.1, -0.05) is 49.4 Å². The summed E-state index contributed by atoms with van der Waals surface area (Å²) in [5, 5.41) is 11.3. The Morgan fingerprint density at radius 3 is 2.52 bits per heavy atom. The lowest BCUT2D eigenvalue weighted by Crippen LogP contribution is -2.09. The Kier molecular flexibility index (Phi) is 3.76. The SMILES string of the molecule is CCC(c1ccccc1)C(O)c1cc2cccc(F)c2o1. The minimum Gasteiger partial charge on any atom is -0.455 e. The molecule has 3 heteroatoms. The number of hydrogen-bond donors (Lipinski definition) is 1. The van der Waals surface area contributed by atoms with Gasteiger partial charge in [-0.05, 0) is 24.1 Å². The second-order valence-corrected chi connectivity index (χ2v) is 5.18. The second kappa shape index (κ2) is 5.70. The van der Waals surface area contributed by atoms with Gasteiger partial charge in [0.2, 0.25) is 0 Å². The van der Waals surface area contributed by atoms with Gasteiger partial charge in [0.1, 0.15) is 11.9 Å². The number of fused-ring (bicyclic) bond motifs is 1. The highest BCUT2D eigenvalue weighted by Gasteiger charge is 2.24. The van der Waals surface area contributed by atoms with Crippen LogP contribution in [0.25, 0.3) is 11.0 Å². The van der Waals surface area contributed by atoms with E-state index in [-0.39, 0.29) is 11.5 Å². The molecule has 0 saturated carbocycles. The van der Waals surface area contributed by atoms with Crippen LogP contribution < -0.4 is 0 Å². The summed E-state index contributed by atoms with van der Waals surface area (Å²) in [5.74, 6) is -0.0701. The van der Waals surface area contributed by atoms with Crippen LogP contribution in [-0.4, -0.2) is 5.11 Å². The summed E-state index contributed by atoms with van der Waals surface area (Å²) >= 11 is 0. The van der Waals surface area contributed by atoms with Crippen LogP contribution in [0.4, 0.5) is 4.39 Å². The summed E-state index contributed by atoms with van der Waals surface area (Å²) in [4.78, 5) is 0. The maximum atomic E-state index is 13.7. The molecule has 21 heavy (non-hydrogen) atoms. The average Bonchev–Trinajstić information content (AvgIpc) is 2.95. The van der Waals surface area contributed by atoms with E-state index in [0.717, 1.165) is 12.0 Å². The second-order valence-electron chi connectivity index (χ2n) is 5.18. The van der Waals surface area contributed by atoms with E-state index in [1.807, 2.05) is 37.3 Å². The highest BCUT2D eigenvalue weighted by atomic mass is 19.1. The topological polar surface area (TPSA) is 33.4 Å². The molecule has 0 fully saturated rings. The van der Waals surface area contributed by atoms with Gasteiger partial charge < -0.3 is 9.52 Å². The van der Waals surface area contributed by atoms with Crippen molar-refractivity contribution in [2.24, 2.45) is 0 Å². The molecule has 0 aliphatic rings. The van der Waals surface area contributed by atoms with Gasteiger partial charge in [-0.3, -0.25) is 0 Å². The molecule has 0 amide bonds. The maximum absolute atomic E-state index is 13.7. The van der Waals surface area contributed by atoms with Crippen molar-refractivity contribution in [2.45, 2.75) is 25.4 Å². The molecule has 0 spiro atoms. The van der Waals surface area contributed by atoms with Crippen LogP contribution in [0.5, 0.6) is 0 Å². The van der Waals surface area contributed by atoms with E-state index in [4.69, 9.17) is 4.42 Å². The molecule has 2 atom stereocenters. The van der Waals surface area contributed by atoms with Crippen LogP contribution >= 0.6 is 0 Å². The Morgan fingerprint density at radius 2 is 1.86 bits per heavy atom. The van der Waals surface area contributed by atoms with Crippen molar-refractivity contribution < 1.29 is 13.9 Å². The Morgan fingerprint density at radius 1 is 1.10 bits per heavy atom. The molecule has 3 aromatic rings. The van der Waals surface area contributed by atoms with Crippen molar-refractivity contribution >= 4 is 11.0 Å². The third kappa shape index (κ3) is 2.57. The molecule has 108 valence electrons. The van der Waals surface area contributed by atoms with Crippen LogP contribution in [0.3, 0.4) is 0 Å². The Labute approximate surface area is 122 Å². The molecule has 3 rings (SSSR count). The summed E-state index contributed by atoms with van der Waals surface area (Å²) in [6.07, 6.45) is -0.0192. The highest BCUT2D eigenvalue weighted by molar-refractivity contribution is 5.78. The summed E-state index contributed by atoms with van der Waals surface area (Å²) in [6.45, 7) is 2.02. The minimum atomic E-state index is -0.788. The predicted molar refractivity (Wildman–Crippen MR) is 80.6 cm³/mol. The van der Waals surface area contributed by atoms with E-state index in [2.05, 4.69) is 0 Å². The first-order valence-electron chi connectivity index (χ1n) is 7.11. The number of aliphatic hydroxyl groups excluding tert-OH is 1. The molecule has 0 aliphatic heterocycles. The zero-order valence-corrected chi connectivity index (χ0v) is 11.8. The Balaban J connectivity index is 1.99. The fourth-order valence-electron chi connectivity index (χ4n) is 2.73. The smallest absolute Gasteiger partial charge is 0.170 e. The lowest BCUT2D eigenvalue weighted by atomic mass is 9.90. The van der Waals surface area contributed by atoms with E-state index in [9.17, 15) is 9.50 Å². The third-order valence-electron chi connectivity index (χ3n) is 3.86. The quantitative estimate of drug-likeness (QED) is 0.746. The molecule has 1 heterocycles. The summed E-state index contributed by atoms with van der Waals surface area (Å²) < 4.78 is 19.2. The van der Waals surface area contributed by atoms with Gasteiger partial charge in [0.25, 0.3) is 0 Å². The normalized spacial score (nSPS) is 14.2. The Hall–Kier alpha value is -2.13. The van der Waals surface area contributed by atoms with Crippen molar-refractivity contribution in [1.82, 2.24) is 0 Å². The van der Waals surface area contributed by atoms with Crippen molar-refractivity contribution in [1.29, 1.82) is 0 Å². The van der Waals surface area contributed by atoms with E-state index < -0.39 is 11.9 Å². The van der Waals surface area contributed by atoms with Crippen LogP contribution in [0, 0.1) is 5.82 Å². The first kappa shape index (κ1) is 13.8. The summed E-state index contributed by atoms with van der Waals surface area (Å²) in [5.41, 5.74) is 1.25. The zero-order chi connectivity index (χ0) is 14.8. The number of benzene rings is 2. The van der Waals surface area contributed by atoms with Crippen LogP contribution in [-0.2, 0) is 0 Å². The largest absolute Gasteiger partial charge is 0.455 e. The molecule has 1 N–H and O–H groups in total. The molecule has 2 aromatic carbocycles. The number of para-hydroxylation sites is 1. The van der Waals surface area contributed by atoms with Crippen LogP contribution in [0.15, 0.2) is 59.0 Å². The van der Waals surface area contributed by atoms with E-state index >= 15 is 0 Å². The van der Waals surface area contributed by atoms with Crippen LogP contribution in [0.1, 0.15) is 36.7 Å². The van der Waals surface area contributed by atoms with Gasteiger partial charge in [0.05, 0.1) is 0 Å². The number of halogens is 1. The third-order valence-corrected chi connectivity index (χ3v) is 3.86. The molecular weight excluding hydrogens is 267 g/mol. The average molecular weight is 284 g/mol. The molecule has 2 nitrogen and oxygen atoms in total. The van der Waals surface area contributed by atoms with Gasteiger partial charge in [0, 0.05) is 11.3 Å². The highest BCUT2D eigenvalue weighted by Crippen LogP contribution is 2.36. The van der Waals surface area contributed by atoms with E-state index in [1.165, 1.54) is 6.07 Å². The zero-order valence-electron chi connectivity index (χ0n) is 11.8. The minimum absolute atomic E-state index is 0.0742. The molecule has 1 aromatic heterocycles. The van der Waals surface area contributed by atoms with Gasteiger partial charge in [-0.25, -0.2) is 4.39 Å². The fraction of sp³-hybridized carbons (Fsp3) is 0.222. The number of rotatable bonds is 4.